The van der Waals surface area contributed by atoms with Crippen molar-refractivity contribution in [1.29, 1.82) is 0 Å². The van der Waals surface area contributed by atoms with E-state index >= 15 is 0 Å². The van der Waals surface area contributed by atoms with Gasteiger partial charge in [0.15, 0.2) is 0 Å². The van der Waals surface area contributed by atoms with E-state index in [1.165, 1.54) is 5.56 Å². The van der Waals surface area contributed by atoms with Crippen molar-refractivity contribution in [2.45, 2.75) is 38.9 Å². The van der Waals surface area contributed by atoms with Crippen LogP contribution in [0.3, 0.4) is 0 Å². The molecule has 94 valence electrons. The summed E-state index contributed by atoms with van der Waals surface area (Å²) in [5.41, 5.74) is 8.63. The second-order valence-corrected chi connectivity index (χ2v) is 5.38. The summed E-state index contributed by atoms with van der Waals surface area (Å²) in [5, 5.41) is 8.01. The Morgan fingerprint density at radius 3 is 2.82 bits per heavy atom. The van der Waals surface area contributed by atoms with Gasteiger partial charge in [-0.1, -0.05) is 0 Å². The number of nitrogen functional groups attached to an aromatic ring is 1. The molecule has 0 atom stereocenters. The number of aromatic nitrogens is 2. The molecule has 17 heavy (non-hydrogen) atoms. The largest absolute Gasteiger partial charge is 0.384 e. The summed E-state index contributed by atoms with van der Waals surface area (Å²) < 4.78 is 2.05. The summed E-state index contributed by atoms with van der Waals surface area (Å²) in [6.45, 7) is 8.51. The van der Waals surface area contributed by atoms with Crippen LogP contribution in [0, 0.1) is 0 Å². The van der Waals surface area contributed by atoms with E-state index in [0.29, 0.717) is 12.1 Å². The summed E-state index contributed by atoms with van der Waals surface area (Å²) in [7, 11) is 0. The van der Waals surface area contributed by atoms with Gasteiger partial charge >= 0.3 is 0 Å². The summed E-state index contributed by atoms with van der Waals surface area (Å²) in [5.74, 6) is 0.898. The van der Waals surface area contributed by atoms with Crippen LogP contribution in [-0.4, -0.2) is 40.4 Å². The third kappa shape index (κ3) is 1.73. The number of nitrogens with one attached hydrogen (secondary N) is 1. The number of rotatable bonds is 2. The van der Waals surface area contributed by atoms with E-state index in [-0.39, 0.29) is 0 Å². The first-order valence-corrected chi connectivity index (χ1v) is 6.47. The highest BCUT2D eigenvalue weighted by Crippen LogP contribution is 2.29. The van der Waals surface area contributed by atoms with Crippen molar-refractivity contribution < 1.29 is 0 Å². The van der Waals surface area contributed by atoms with Crippen molar-refractivity contribution in [1.82, 2.24) is 20.0 Å². The Hall–Kier alpha value is -1.07. The van der Waals surface area contributed by atoms with E-state index in [1.54, 1.807) is 0 Å². The van der Waals surface area contributed by atoms with Crippen molar-refractivity contribution in [3.8, 4) is 0 Å². The molecule has 5 heteroatoms. The third-order valence-electron chi connectivity index (χ3n) is 3.94. The minimum absolute atomic E-state index is 0.475. The van der Waals surface area contributed by atoms with Crippen molar-refractivity contribution in [3.05, 3.63) is 11.3 Å². The minimum Gasteiger partial charge on any atom is -0.384 e. The molecule has 1 saturated heterocycles. The molecule has 0 spiro atoms. The van der Waals surface area contributed by atoms with Crippen molar-refractivity contribution in [2.24, 2.45) is 0 Å². The quantitative estimate of drug-likeness (QED) is 0.778. The Bertz CT molecular complexity index is 417. The highest BCUT2D eigenvalue weighted by molar-refractivity contribution is 5.45. The summed E-state index contributed by atoms with van der Waals surface area (Å²) in [4.78, 5) is 2.45. The van der Waals surface area contributed by atoms with Crippen LogP contribution in [0.1, 0.15) is 31.1 Å². The number of likely N-dealkylation sites (tertiary alicyclic amines) is 1. The lowest BCUT2D eigenvalue weighted by Gasteiger charge is -2.42. The maximum Gasteiger partial charge on any atom is 0.125 e. The predicted octanol–water partition coefficient (Wildman–Crippen LogP) is 0.376. The molecule has 1 fully saturated rings. The lowest BCUT2D eigenvalue weighted by molar-refractivity contribution is 0.0685. The Kier molecular flexibility index (Phi) is 2.60. The highest BCUT2D eigenvalue weighted by Gasteiger charge is 2.33. The van der Waals surface area contributed by atoms with Crippen molar-refractivity contribution in [2.75, 3.05) is 25.4 Å². The van der Waals surface area contributed by atoms with E-state index in [1.807, 2.05) is 0 Å². The van der Waals surface area contributed by atoms with Gasteiger partial charge in [0, 0.05) is 31.2 Å². The molecular weight excluding hydrogens is 214 g/mol. The van der Waals surface area contributed by atoms with Crippen LogP contribution in [0.2, 0.25) is 0 Å². The van der Waals surface area contributed by atoms with Gasteiger partial charge in [-0.05, 0) is 26.8 Å². The van der Waals surface area contributed by atoms with Crippen molar-refractivity contribution >= 4 is 5.82 Å². The molecule has 0 amide bonds. The van der Waals surface area contributed by atoms with Gasteiger partial charge in [-0.25, -0.2) is 4.68 Å². The number of nitrogens with two attached hydrogens (primary N) is 1. The zero-order valence-corrected chi connectivity index (χ0v) is 10.6. The molecule has 3 rings (SSSR count). The van der Waals surface area contributed by atoms with Gasteiger partial charge in [-0.3, -0.25) is 4.90 Å². The fraction of sp³-hybridized carbons (Fsp3) is 0.750. The molecule has 0 aliphatic carbocycles. The fourth-order valence-corrected chi connectivity index (χ4v) is 2.71. The van der Waals surface area contributed by atoms with E-state index in [2.05, 4.69) is 33.8 Å². The van der Waals surface area contributed by atoms with Crippen LogP contribution in [0.15, 0.2) is 0 Å². The molecule has 1 aromatic rings. The van der Waals surface area contributed by atoms with Gasteiger partial charge in [0.05, 0.1) is 11.7 Å². The van der Waals surface area contributed by atoms with Crippen LogP contribution >= 0.6 is 0 Å². The average Bonchev–Trinajstić information content (AvgIpc) is 2.55. The first-order valence-electron chi connectivity index (χ1n) is 6.47. The number of hydrogen-bond acceptors (Lipinski definition) is 4. The predicted molar refractivity (Wildman–Crippen MR) is 67.8 cm³/mol. The molecule has 3 heterocycles. The molecule has 0 radical (unpaired) electrons. The van der Waals surface area contributed by atoms with Crippen LogP contribution < -0.4 is 11.1 Å². The van der Waals surface area contributed by atoms with E-state index in [4.69, 9.17) is 5.73 Å². The number of hydrogen-bond donors (Lipinski definition) is 2. The van der Waals surface area contributed by atoms with Crippen LogP contribution in [0.5, 0.6) is 0 Å². The first-order chi connectivity index (χ1) is 8.16. The molecular formula is C12H21N5. The molecule has 0 aromatic carbocycles. The Morgan fingerprint density at radius 2 is 2.18 bits per heavy atom. The number of anilines is 1. The second kappa shape index (κ2) is 3.99. The smallest absolute Gasteiger partial charge is 0.125 e. The zero-order chi connectivity index (χ0) is 12.0. The normalized spacial score (nSPS) is 21.6. The van der Waals surface area contributed by atoms with E-state index < -0.39 is 0 Å². The lowest BCUT2D eigenvalue weighted by atomic mass is 10.1. The summed E-state index contributed by atoms with van der Waals surface area (Å²) in [6, 6.07) is 1.10. The molecule has 0 saturated carbocycles. The summed E-state index contributed by atoms with van der Waals surface area (Å²) in [6.07, 6.45) is 1.02. The third-order valence-corrected chi connectivity index (χ3v) is 3.94. The molecule has 5 nitrogen and oxygen atoms in total. The van der Waals surface area contributed by atoms with E-state index in [9.17, 15) is 0 Å². The Labute approximate surface area is 102 Å². The average molecular weight is 235 g/mol. The zero-order valence-electron chi connectivity index (χ0n) is 10.6. The number of fused-ring (bicyclic) bond motifs is 1. The van der Waals surface area contributed by atoms with Crippen molar-refractivity contribution in [3.63, 3.8) is 0 Å². The Balaban J connectivity index is 1.79. The standard InChI is InChI=1S/C12H21N5/c1-8(2)16-6-9(7-16)17-12(13)10-3-4-14-5-11(10)15-17/h8-9,14H,3-7,13H2,1-2H3. The van der Waals surface area contributed by atoms with Gasteiger partial charge in [0.25, 0.3) is 0 Å². The fourth-order valence-electron chi connectivity index (χ4n) is 2.71. The van der Waals surface area contributed by atoms with Gasteiger partial charge in [0.1, 0.15) is 5.82 Å². The lowest BCUT2D eigenvalue weighted by Crippen LogP contribution is -2.51. The Morgan fingerprint density at radius 1 is 1.41 bits per heavy atom. The highest BCUT2D eigenvalue weighted by atomic mass is 15.4. The second-order valence-electron chi connectivity index (χ2n) is 5.38. The van der Waals surface area contributed by atoms with Gasteiger partial charge in [-0.2, -0.15) is 5.10 Å². The van der Waals surface area contributed by atoms with Crippen LogP contribution in [0.4, 0.5) is 5.82 Å². The van der Waals surface area contributed by atoms with Gasteiger partial charge < -0.3 is 11.1 Å². The molecule has 2 aliphatic rings. The van der Waals surface area contributed by atoms with Gasteiger partial charge in [-0.15, -0.1) is 0 Å². The van der Waals surface area contributed by atoms with Crippen LogP contribution in [-0.2, 0) is 13.0 Å². The maximum absolute atomic E-state index is 6.21. The number of nitrogens with zero attached hydrogens (tertiary/aromatic N) is 3. The minimum atomic E-state index is 0.475. The first kappa shape index (κ1) is 11.0. The topological polar surface area (TPSA) is 59.1 Å². The SMILES string of the molecule is CC(C)N1CC(n2nc3c(c2N)CCNC3)C1. The van der Waals surface area contributed by atoms with E-state index in [0.717, 1.165) is 44.1 Å². The molecule has 1 aromatic heterocycles. The molecule has 3 N–H and O–H groups in total. The summed E-state index contributed by atoms with van der Waals surface area (Å²) >= 11 is 0. The van der Waals surface area contributed by atoms with Gasteiger partial charge in [0.2, 0.25) is 0 Å². The monoisotopic (exact) mass is 235 g/mol. The maximum atomic E-state index is 6.21. The molecule has 2 aliphatic heterocycles. The molecule has 0 unspecified atom stereocenters. The van der Waals surface area contributed by atoms with Crippen LogP contribution in [0.25, 0.3) is 0 Å². The molecule has 0 bridgehead atoms.